The van der Waals surface area contributed by atoms with Gasteiger partial charge in [0.05, 0.1) is 6.61 Å². The van der Waals surface area contributed by atoms with E-state index in [9.17, 15) is 9.90 Å². The lowest BCUT2D eigenvalue weighted by Crippen LogP contribution is -2.55. The minimum atomic E-state index is -0.658. The fraction of sp³-hybridized carbons (Fsp3) is 0.900. The predicted octanol–water partition coefficient (Wildman–Crippen LogP) is 0.669. The zero-order valence-electron chi connectivity index (χ0n) is 8.78. The molecule has 2 fully saturated rings. The van der Waals surface area contributed by atoms with Crippen LogP contribution in [0.5, 0.6) is 0 Å². The van der Waals surface area contributed by atoms with Crippen molar-refractivity contribution >= 4 is 17.7 Å². The molecular formula is C10H17NO3S. The van der Waals surface area contributed by atoms with Crippen molar-refractivity contribution in [3.05, 3.63) is 0 Å². The summed E-state index contributed by atoms with van der Waals surface area (Å²) in [5, 5.41) is 9.41. The summed E-state index contributed by atoms with van der Waals surface area (Å²) in [6.45, 7) is 3.04. The average molecular weight is 231 g/mol. The van der Waals surface area contributed by atoms with Crippen LogP contribution in [-0.4, -0.2) is 59.3 Å². The van der Waals surface area contributed by atoms with Gasteiger partial charge >= 0.3 is 5.97 Å². The fourth-order valence-electron chi connectivity index (χ4n) is 2.28. The Morgan fingerprint density at radius 1 is 1.40 bits per heavy atom. The Morgan fingerprint density at radius 2 is 2.27 bits per heavy atom. The quantitative estimate of drug-likeness (QED) is 0.757. The topological polar surface area (TPSA) is 49.8 Å². The fourth-order valence-corrected chi connectivity index (χ4v) is 3.70. The van der Waals surface area contributed by atoms with Gasteiger partial charge in [-0.15, -0.1) is 0 Å². The molecule has 2 aliphatic heterocycles. The first-order valence-electron chi connectivity index (χ1n) is 5.40. The van der Waals surface area contributed by atoms with Crippen molar-refractivity contribution in [2.45, 2.75) is 18.4 Å². The van der Waals surface area contributed by atoms with Crippen LogP contribution in [0.25, 0.3) is 0 Å². The highest BCUT2D eigenvalue weighted by Crippen LogP contribution is 2.34. The molecule has 0 amide bonds. The predicted molar refractivity (Wildman–Crippen MR) is 59.3 cm³/mol. The van der Waals surface area contributed by atoms with Gasteiger partial charge < -0.3 is 9.84 Å². The molecule has 2 rings (SSSR count). The van der Waals surface area contributed by atoms with Gasteiger partial charge in [0, 0.05) is 25.4 Å². The number of aliphatic carboxylic acids is 1. The smallest absolute Gasteiger partial charge is 0.325 e. The third-order valence-electron chi connectivity index (χ3n) is 3.23. The molecule has 0 aromatic heterocycles. The molecule has 4 nitrogen and oxygen atoms in total. The molecule has 1 unspecified atom stereocenters. The number of carboxylic acids is 1. The zero-order chi connectivity index (χ0) is 10.7. The molecule has 0 bridgehead atoms. The van der Waals surface area contributed by atoms with Crippen LogP contribution in [0.2, 0.25) is 0 Å². The Bertz CT molecular complexity index is 233. The first-order chi connectivity index (χ1) is 7.26. The standard InChI is InChI=1S/C10H17NO3S/c12-9(13)10(2-7-15-8-10)11-3-1-5-14-6-4-11/h1-8H2,(H,12,13). The molecule has 0 saturated carbocycles. The number of ether oxygens (including phenoxy) is 1. The van der Waals surface area contributed by atoms with Crippen LogP contribution in [0.3, 0.4) is 0 Å². The summed E-state index contributed by atoms with van der Waals surface area (Å²) in [5.74, 6) is 1.03. The molecule has 0 aliphatic carbocycles. The molecule has 0 aromatic rings. The highest BCUT2D eigenvalue weighted by molar-refractivity contribution is 7.99. The van der Waals surface area contributed by atoms with Crippen LogP contribution in [0.1, 0.15) is 12.8 Å². The maximum Gasteiger partial charge on any atom is 0.325 e. The lowest BCUT2D eigenvalue weighted by atomic mass is 9.96. The van der Waals surface area contributed by atoms with E-state index in [0.29, 0.717) is 6.61 Å². The first-order valence-corrected chi connectivity index (χ1v) is 6.55. The van der Waals surface area contributed by atoms with Crippen molar-refractivity contribution in [2.75, 3.05) is 37.8 Å². The molecule has 2 aliphatic rings. The van der Waals surface area contributed by atoms with E-state index in [0.717, 1.165) is 44.0 Å². The van der Waals surface area contributed by atoms with E-state index in [-0.39, 0.29) is 0 Å². The zero-order valence-corrected chi connectivity index (χ0v) is 9.59. The number of rotatable bonds is 2. The van der Waals surface area contributed by atoms with Gasteiger partial charge in [-0.3, -0.25) is 9.69 Å². The Labute approximate surface area is 94.0 Å². The van der Waals surface area contributed by atoms with E-state index >= 15 is 0 Å². The van der Waals surface area contributed by atoms with Crippen LogP contribution in [0, 0.1) is 0 Å². The summed E-state index contributed by atoms with van der Waals surface area (Å²) < 4.78 is 5.37. The van der Waals surface area contributed by atoms with E-state index in [1.807, 2.05) is 0 Å². The van der Waals surface area contributed by atoms with Crippen molar-refractivity contribution in [2.24, 2.45) is 0 Å². The Kier molecular flexibility index (Phi) is 3.53. The molecule has 1 N–H and O–H groups in total. The highest BCUT2D eigenvalue weighted by atomic mass is 32.2. The molecule has 1 atom stereocenters. The number of thioether (sulfide) groups is 1. The Morgan fingerprint density at radius 3 is 2.93 bits per heavy atom. The Balaban J connectivity index is 2.12. The normalized spacial score (nSPS) is 33.9. The minimum Gasteiger partial charge on any atom is -0.480 e. The Hall–Kier alpha value is -0.260. The maximum absolute atomic E-state index is 11.4. The van der Waals surface area contributed by atoms with E-state index in [2.05, 4.69) is 4.90 Å². The van der Waals surface area contributed by atoms with Crippen molar-refractivity contribution in [1.29, 1.82) is 0 Å². The lowest BCUT2D eigenvalue weighted by molar-refractivity contribution is -0.150. The van der Waals surface area contributed by atoms with Crippen LogP contribution >= 0.6 is 11.8 Å². The molecular weight excluding hydrogens is 214 g/mol. The van der Waals surface area contributed by atoms with Gasteiger partial charge in [0.1, 0.15) is 5.54 Å². The van der Waals surface area contributed by atoms with E-state index in [4.69, 9.17) is 4.74 Å². The van der Waals surface area contributed by atoms with E-state index < -0.39 is 11.5 Å². The van der Waals surface area contributed by atoms with E-state index in [1.165, 1.54) is 0 Å². The third-order valence-corrected chi connectivity index (χ3v) is 4.40. The van der Waals surface area contributed by atoms with Crippen molar-refractivity contribution in [1.82, 2.24) is 4.90 Å². The second kappa shape index (κ2) is 4.72. The second-order valence-corrected chi connectivity index (χ2v) is 5.20. The number of carbonyl (C=O) groups is 1. The van der Waals surface area contributed by atoms with E-state index in [1.54, 1.807) is 11.8 Å². The maximum atomic E-state index is 11.4. The molecule has 0 radical (unpaired) electrons. The molecule has 0 aromatic carbocycles. The largest absolute Gasteiger partial charge is 0.480 e. The summed E-state index contributed by atoms with van der Waals surface area (Å²) in [5.41, 5.74) is -0.613. The van der Waals surface area contributed by atoms with Crippen molar-refractivity contribution in [3.8, 4) is 0 Å². The van der Waals surface area contributed by atoms with Crippen LogP contribution < -0.4 is 0 Å². The molecule has 5 heteroatoms. The SMILES string of the molecule is O=C(O)C1(N2CCCOCC2)CCSC1. The number of hydrogen-bond donors (Lipinski definition) is 1. The highest BCUT2D eigenvalue weighted by Gasteiger charge is 2.46. The van der Waals surface area contributed by atoms with Gasteiger partial charge in [0.2, 0.25) is 0 Å². The molecule has 0 spiro atoms. The second-order valence-electron chi connectivity index (χ2n) is 4.09. The average Bonchev–Trinajstić information content (AvgIpc) is 2.56. The van der Waals surface area contributed by atoms with Crippen LogP contribution in [0.4, 0.5) is 0 Å². The summed E-state index contributed by atoms with van der Waals surface area (Å²) in [4.78, 5) is 13.6. The van der Waals surface area contributed by atoms with Gasteiger partial charge in [0.25, 0.3) is 0 Å². The summed E-state index contributed by atoms with van der Waals surface area (Å²) in [6.07, 6.45) is 1.71. The van der Waals surface area contributed by atoms with Crippen LogP contribution in [0.15, 0.2) is 0 Å². The van der Waals surface area contributed by atoms with Crippen molar-refractivity contribution in [3.63, 3.8) is 0 Å². The molecule has 86 valence electrons. The van der Waals surface area contributed by atoms with Gasteiger partial charge in [-0.1, -0.05) is 0 Å². The number of nitrogens with zero attached hydrogens (tertiary/aromatic N) is 1. The molecule has 15 heavy (non-hydrogen) atoms. The molecule has 2 heterocycles. The first kappa shape index (κ1) is 11.2. The van der Waals surface area contributed by atoms with Gasteiger partial charge in [-0.05, 0) is 18.6 Å². The molecule has 2 saturated heterocycles. The van der Waals surface area contributed by atoms with Crippen LogP contribution in [-0.2, 0) is 9.53 Å². The number of carboxylic acid groups (broad SMARTS) is 1. The van der Waals surface area contributed by atoms with Gasteiger partial charge in [0.15, 0.2) is 0 Å². The van der Waals surface area contributed by atoms with Crippen molar-refractivity contribution < 1.29 is 14.6 Å². The summed E-state index contributed by atoms with van der Waals surface area (Å²) >= 11 is 1.75. The lowest BCUT2D eigenvalue weighted by Gasteiger charge is -2.36. The monoisotopic (exact) mass is 231 g/mol. The van der Waals surface area contributed by atoms with Gasteiger partial charge in [-0.2, -0.15) is 11.8 Å². The third kappa shape index (κ3) is 2.14. The number of hydrogen-bond acceptors (Lipinski definition) is 4. The summed E-state index contributed by atoms with van der Waals surface area (Å²) in [7, 11) is 0. The summed E-state index contributed by atoms with van der Waals surface area (Å²) in [6, 6.07) is 0. The van der Waals surface area contributed by atoms with Gasteiger partial charge in [-0.25, -0.2) is 0 Å². The minimum absolute atomic E-state index is 0.613.